The molecule has 114 valence electrons. The van der Waals surface area contributed by atoms with Crippen molar-refractivity contribution in [3.05, 3.63) is 66.0 Å². The van der Waals surface area contributed by atoms with Gasteiger partial charge in [-0.1, -0.05) is 12.1 Å². The van der Waals surface area contributed by atoms with E-state index in [0.717, 1.165) is 28.2 Å². The number of imidazole rings is 1. The molecule has 0 aliphatic carbocycles. The van der Waals surface area contributed by atoms with Gasteiger partial charge in [0.25, 0.3) is 0 Å². The van der Waals surface area contributed by atoms with Crippen LogP contribution in [-0.4, -0.2) is 19.7 Å². The minimum absolute atomic E-state index is 0.260. The molecule has 23 heavy (non-hydrogen) atoms. The van der Waals surface area contributed by atoms with Crippen molar-refractivity contribution in [1.29, 1.82) is 0 Å². The van der Waals surface area contributed by atoms with Gasteiger partial charge >= 0.3 is 0 Å². The summed E-state index contributed by atoms with van der Waals surface area (Å²) in [6.07, 6.45) is 3.76. The lowest BCUT2D eigenvalue weighted by Crippen LogP contribution is -1.94. The Morgan fingerprint density at radius 1 is 1.09 bits per heavy atom. The van der Waals surface area contributed by atoms with Gasteiger partial charge in [-0.3, -0.25) is 0 Å². The fraction of sp³-hybridized carbons (Fsp3) is 0.111. The van der Waals surface area contributed by atoms with Crippen molar-refractivity contribution in [3.63, 3.8) is 0 Å². The molecule has 0 bridgehead atoms. The number of halogens is 1. The molecule has 0 aliphatic rings. The molecule has 0 spiro atoms. The van der Waals surface area contributed by atoms with Crippen LogP contribution in [0.3, 0.4) is 0 Å². The molecule has 4 nitrogen and oxygen atoms in total. The first-order valence-electron chi connectivity index (χ1n) is 7.38. The quantitative estimate of drug-likeness (QED) is 0.604. The van der Waals surface area contributed by atoms with Crippen molar-refractivity contribution in [2.24, 2.45) is 0 Å². The van der Waals surface area contributed by atoms with Crippen LogP contribution < -0.4 is 0 Å². The van der Waals surface area contributed by atoms with E-state index in [4.69, 9.17) is 0 Å². The topological polar surface area (TPSA) is 46.5 Å². The first-order valence-corrected chi connectivity index (χ1v) is 7.38. The van der Waals surface area contributed by atoms with Gasteiger partial charge in [0.1, 0.15) is 11.6 Å². The van der Waals surface area contributed by atoms with Crippen LogP contribution in [0.5, 0.6) is 0 Å². The van der Waals surface area contributed by atoms with Gasteiger partial charge in [-0.05, 0) is 43.2 Å². The lowest BCUT2D eigenvalue weighted by atomic mass is 10.0. The predicted octanol–water partition coefficient (Wildman–Crippen LogP) is 4.17. The third-order valence-electron chi connectivity index (χ3n) is 3.84. The van der Waals surface area contributed by atoms with Gasteiger partial charge in [-0.2, -0.15) is 5.10 Å². The van der Waals surface area contributed by atoms with Crippen LogP contribution in [0.15, 0.2) is 48.8 Å². The largest absolute Gasteiger partial charge is 0.342 e. The number of hydrogen-bond donors (Lipinski definition) is 1. The Morgan fingerprint density at radius 2 is 1.87 bits per heavy atom. The summed E-state index contributed by atoms with van der Waals surface area (Å²) >= 11 is 0. The van der Waals surface area contributed by atoms with E-state index in [1.807, 2.05) is 44.3 Å². The summed E-state index contributed by atoms with van der Waals surface area (Å²) in [6, 6.07) is 10.9. The summed E-state index contributed by atoms with van der Waals surface area (Å²) in [5.41, 5.74) is 4.89. The zero-order valence-electron chi connectivity index (χ0n) is 12.8. The lowest BCUT2D eigenvalue weighted by molar-refractivity contribution is 0.633. The zero-order chi connectivity index (χ0) is 16.0. The number of hydrogen-bond acceptors (Lipinski definition) is 2. The van der Waals surface area contributed by atoms with Gasteiger partial charge < -0.3 is 4.98 Å². The summed E-state index contributed by atoms with van der Waals surface area (Å²) in [6.45, 7) is 3.85. The van der Waals surface area contributed by atoms with E-state index >= 15 is 0 Å². The standard InChI is InChI=1S/C18H15FN4/c1-11-9-20-23(10-11)14-5-3-13(4-6-14)15-7-17-18(8-16(15)19)22-12(2)21-17/h3-10H,1-2H3,(H,21,22). The second-order valence-electron chi connectivity index (χ2n) is 5.68. The minimum atomic E-state index is -0.260. The smallest absolute Gasteiger partial charge is 0.133 e. The van der Waals surface area contributed by atoms with Gasteiger partial charge in [0, 0.05) is 17.8 Å². The summed E-state index contributed by atoms with van der Waals surface area (Å²) in [4.78, 5) is 7.42. The maximum atomic E-state index is 14.4. The first-order chi connectivity index (χ1) is 11.1. The fourth-order valence-corrected chi connectivity index (χ4v) is 2.73. The SMILES string of the molecule is Cc1cnn(-c2ccc(-c3cc4nc(C)[nH]c4cc3F)cc2)c1. The maximum absolute atomic E-state index is 14.4. The predicted molar refractivity (Wildman–Crippen MR) is 88.1 cm³/mol. The van der Waals surface area contributed by atoms with Gasteiger partial charge in [0.05, 0.1) is 22.9 Å². The lowest BCUT2D eigenvalue weighted by Gasteiger charge is -2.06. The van der Waals surface area contributed by atoms with Crippen LogP contribution in [0.1, 0.15) is 11.4 Å². The number of aryl methyl sites for hydroxylation is 2. The van der Waals surface area contributed by atoms with Gasteiger partial charge in [-0.15, -0.1) is 0 Å². The Bertz CT molecular complexity index is 996. The average molecular weight is 306 g/mol. The Hall–Kier alpha value is -2.95. The number of H-pyrrole nitrogens is 1. The van der Waals surface area contributed by atoms with Crippen LogP contribution in [0.4, 0.5) is 4.39 Å². The molecule has 0 aliphatic heterocycles. The summed E-state index contributed by atoms with van der Waals surface area (Å²) in [5, 5.41) is 4.28. The maximum Gasteiger partial charge on any atom is 0.133 e. The molecule has 0 unspecified atom stereocenters. The van der Waals surface area contributed by atoms with Gasteiger partial charge in [0.15, 0.2) is 0 Å². The third kappa shape index (κ3) is 2.40. The Labute approximate surface area is 132 Å². The number of aromatic amines is 1. The van der Waals surface area contributed by atoms with E-state index in [2.05, 4.69) is 15.1 Å². The minimum Gasteiger partial charge on any atom is -0.342 e. The molecule has 2 heterocycles. The molecule has 0 saturated carbocycles. The summed E-state index contributed by atoms with van der Waals surface area (Å²) < 4.78 is 16.2. The molecule has 0 amide bonds. The molecular weight excluding hydrogens is 291 g/mol. The summed E-state index contributed by atoms with van der Waals surface area (Å²) in [5.74, 6) is 0.518. The second-order valence-corrected chi connectivity index (χ2v) is 5.68. The molecular formula is C18H15FN4. The zero-order valence-corrected chi connectivity index (χ0v) is 12.8. The Kier molecular flexibility index (Phi) is 3.01. The van der Waals surface area contributed by atoms with Crippen molar-refractivity contribution < 1.29 is 4.39 Å². The molecule has 2 aromatic heterocycles. The molecule has 0 atom stereocenters. The van der Waals surface area contributed by atoms with E-state index in [9.17, 15) is 4.39 Å². The van der Waals surface area contributed by atoms with E-state index in [0.29, 0.717) is 11.1 Å². The van der Waals surface area contributed by atoms with Crippen LogP contribution in [0.2, 0.25) is 0 Å². The molecule has 0 radical (unpaired) electrons. The fourth-order valence-electron chi connectivity index (χ4n) is 2.73. The number of nitrogens with one attached hydrogen (secondary N) is 1. The Morgan fingerprint density at radius 3 is 2.57 bits per heavy atom. The second kappa shape index (κ2) is 5.05. The van der Waals surface area contributed by atoms with Crippen molar-refractivity contribution in [2.45, 2.75) is 13.8 Å². The third-order valence-corrected chi connectivity index (χ3v) is 3.84. The Balaban J connectivity index is 1.77. The van der Waals surface area contributed by atoms with E-state index in [-0.39, 0.29) is 5.82 Å². The number of aromatic nitrogens is 4. The molecule has 0 fully saturated rings. The van der Waals surface area contributed by atoms with Crippen LogP contribution in [0.25, 0.3) is 27.8 Å². The highest BCUT2D eigenvalue weighted by Crippen LogP contribution is 2.27. The molecule has 1 N–H and O–H groups in total. The van der Waals surface area contributed by atoms with Crippen LogP contribution >= 0.6 is 0 Å². The highest BCUT2D eigenvalue weighted by molar-refractivity contribution is 5.82. The van der Waals surface area contributed by atoms with Crippen LogP contribution in [0, 0.1) is 19.7 Å². The first kappa shape index (κ1) is 13.7. The monoisotopic (exact) mass is 306 g/mol. The highest BCUT2D eigenvalue weighted by atomic mass is 19.1. The normalized spacial score (nSPS) is 11.3. The number of fused-ring (bicyclic) bond motifs is 1. The molecule has 4 rings (SSSR count). The number of rotatable bonds is 2. The van der Waals surface area contributed by atoms with Crippen LogP contribution in [-0.2, 0) is 0 Å². The number of nitrogens with zero attached hydrogens (tertiary/aromatic N) is 3. The summed E-state index contributed by atoms with van der Waals surface area (Å²) in [7, 11) is 0. The van der Waals surface area contributed by atoms with Gasteiger partial charge in [-0.25, -0.2) is 14.1 Å². The molecule has 4 aromatic rings. The number of benzene rings is 2. The average Bonchev–Trinajstić information content (AvgIpc) is 3.11. The van der Waals surface area contributed by atoms with Crippen molar-refractivity contribution in [1.82, 2.24) is 19.7 Å². The highest BCUT2D eigenvalue weighted by Gasteiger charge is 2.10. The van der Waals surface area contributed by atoms with E-state index in [1.54, 1.807) is 16.9 Å². The van der Waals surface area contributed by atoms with Crippen molar-refractivity contribution in [2.75, 3.05) is 0 Å². The molecule has 5 heteroatoms. The van der Waals surface area contributed by atoms with Crippen molar-refractivity contribution in [3.8, 4) is 16.8 Å². The molecule has 0 saturated heterocycles. The molecule has 2 aromatic carbocycles. The van der Waals surface area contributed by atoms with E-state index in [1.165, 1.54) is 6.07 Å². The van der Waals surface area contributed by atoms with Gasteiger partial charge in [0.2, 0.25) is 0 Å². The van der Waals surface area contributed by atoms with E-state index < -0.39 is 0 Å². The van der Waals surface area contributed by atoms with Crippen molar-refractivity contribution >= 4 is 11.0 Å².